The third-order valence-corrected chi connectivity index (χ3v) is 3.06. The highest BCUT2D eigenvalue weighted by Crippen LogP contribution is 2.33. The van der Waals surface area contributed by atoms with Gasteiger partial charge in [-0.05, 0) is 25.1 Å². The molecule has 0 spiro atoms. The molecule has 1 aromatic carbocycles. The van der Waals surface area contributed by atoms with Crippen LogP contribution in [-0.4, -0.2) is 9.78 Å². The highest BCUT2D eigenvalue weighted by molar-refractivity contribution is 5.54. The average molecular weight is 285 g/mol. The van der Waals surface area contributed by atoms with E-state index in [-0.39, 0.29) is 18.0 Å². The van der Waals surface area contributed by atoms with Crippen LogP contribution in [0.3, 0.4) is 0 Å². The summed E-state index contributed by atoms with van der Waals surface area (Å²) in [5, 5.41) is 4.05. The summed E-state index contributed by atoms with van der Waals surface area (Å²) < 4.78 is 44.6. The SMILES string of the molecule is Cc1c(COc2ccc(C(F)(F)F)cc2N)cnn1C. The number of aromatic nitrogens is 2. The van der Waals surface area contributed by atoms with Crippen LogP contribution >= 0.6 is 0 Å². The van der Waals surface area contributed by atoms with Crippen LogP contribution in [0.2, 0.25) is 0 Å². The van der Waals surface area contributed by atoms with Gasteiger partial charge in [0, 0.05) is 18.3 Å². The number of alkyl halides is 3. The van der Waals surface area contributed by atoms with Crippen LogP contribution < -0.4 is 10.5 Å². The standard InChI is InChI=1S/C13H14F3N3O/c1-8-9(6-18-19(8)2)7-20-12-4-3-10(5-11(12)17)13(14,15)16/h3-6H,7,17H2,1-2H3. The minimum Gasteiger partial charge on any atom is -0.487 e. The van der Waals surface area contributed by atoms with Gasteiger partial charge in [0.25, 0.3) is 0 Å². The van der Waals surface area contributed by atoms with Crippen molar-refractivity contribution in [2.75, 3.05) is 5.73 Å². The lowest BCUT2D eigenvalue weighted by atomic mass is 10.2. The molecule has 0 saturated carbocycles. The van der Waals surface area contributed by atoms with Crippen LogP contribution in [0, 0.1) is 6.92 Å². The number of rotatable bonds is 3. The molecular weight excluding hydrogens is 271 g/mol. The third-order valence-electron chi connectivity index (χ3n) is 3.06. The zero-order chi connectivity index (χ0) is 14.9. The molecule has 0 bridgehead atoms. The fraction of sp³-hybridized carbons (Fsp3) is 0.308. The number of aryl methyl sites for hydroxylation is 1. The Morgan fingerprint density at radius 2 is 2.05 bits per heavy atom. The van der Waals surface area contributed by atoms with Crippen LogP contribution in [0.5, 0.6) is 5.75 Å². The molecular formula is C13H14F3N3O. The molecule has 0 atom stereocenters. The summed E-state index contributed by atoms with van der Waals surface area (Å²) in [6.45, 7) is 2.08. The van der Waals surface area contributed by atoms with E-state index in [2.05, 4.69) is 5.10 Å². The van der Waals surface area contributed by atoms with E-state index in [1.165, 1.54) is 6.07 Å². The maximum atomic E-state index is 12.5. The molecule has 0 saturated heterocycles. The Kier molecular flexibility index (Phi) is 3.61. The second-order valence-corrected chi connectivity index (χ2v) is 4.42. The van der Waals surface area contributed by atoms with E-state index in [1.54, 1.807) is 17.9 Å². The predicted molar refractivity (Wildman–Crippen MR) is 68.1 cm³/mol. The lowest BCUT2D eigenvalue weighted by Crippen LogP contribution is -2.07. The number of ether oxygens (including phenoxy) is 1. The molecule has 108 valence electrons. The Morgan fingerprint density at radius 1 is 1.35 bits per heavy atom. The van der Waals surface area contributed by atoms with Gasteiger partial charge >= 0.3 is 6.18 Å². The van der Waals surface area contributed by atoms with Crippen molar-refractivity contribution in [1.29, 1.82) is 0 Å². The molecule has 7 heteroatoms. The quantitative estimate of drug-likeness (QED) is 0.882. The van der Waals surface area contributed by atoms with Gasteiger partial charge in [-0.25, -0.2) is 0 Å². The Labute approximate surface area is 114 Å². The predicted octanol–water partition coefficient (Wildman–Crippen LogP) is 2.91. The smallest absolute Gasteiger partial charge is 0.416 e. The monoisotopic (exact) mass is 285 g/mol. The zero-order valence-corrected chi connectivity index (χ0v) is 11.0. The Balaban J connectivity index is 2.13. The Bertz CT molecular complexity index is 620. The number of hydrogen-bond acceptors (Lipinski definition) is 3. The average Bonchev–Trinajstić information content (AvgIpc) is 2.67. The molecule has 2 N–H and O–H groups in total. The maximum Gasteiger partial charge on any atom is 0.416 e. The van der Waals surface area contributed by atoms with E-state index in [4.69, 9.17) is 10.5 Å². The van der Waals surface area contributed by atoms with Crippen molar-refractivity contribution < 1.29 is 17.9 Å². The molecule has 20 heavy (non-hydrogen) atoms. The topological polar surface area (TPSA) is 53.1 Å². The molecule has 0 aliphatic carbocycles. The van der Waals surface area contributed by atoms with Crippen LogP contribution in [-0.2, 0) is 19.8 Å². The van der Waals surface area contributed by atoms with E-state index in [0.717, 1.165) is 23.4 Å². The second-order valence-electron chi connectivity index (χ2n) is 4.42. The minimum absolute atomic E-state index is 0.0404. The minimum atomic E-state index is -4.41. The normalized spacial score (nSPS) is 11.7. The van der Waals surface area contributed by atoms with Gasteiger partial charge in [0.2, 0.25) is 0 Å². The van der Waals surface area contributed by atoms with E-state index >= 15 is 0 Å². The van der Waals surface area contributed by atoms with Crippen LogP contribution in [0.4, 0.5) is 18.9 Å². The van der Waals surface area contributed by atoms with Crippen molar-refractivity contribution in [3.8, 4) is 5.75 Å². The summed E-state index contributed by atoms with van der Waals surface area (Å²) in [4.78, 5) is 0. The molecule has 0 radical (unpaired) electrons. The fourth-order valence-corrected chi connectivity index (χ4v) is 1.70. The van der Waals surface area contributed by atoms with Crippen LogP contribution in [0.1, 0.15) is 16.8 Å². The van der Waals surface area contributed by atoms with E-state index in [1.807, 2.05) is 6.92 Å². The van der Waals surface area contributed by atoms with Crippen molar-refractivity contribution in [3.05, 3.63) is 41.2 Å². The summed E-state index contributed by atoms with van der Waals surface area (Å²) in [6.07, 6.45) is -2.76. The molecule has 0 aliphatic heterocycles. The van der Waals surface area contributed by atoms with Crippen molar-refractivity contribution in [3.63, 3.8) is 0 Å². The molecule has 2 aromatic rings. The van der Waals surface area contributed by atoms with Gasteiger partial charge in [0.05, 0.1) is 17.4 Å². The summed E-state index contributed by atoms with van der Waals surface area (Å²) >= 11 is 0. The summed E-state index contributed by atoms with van der Waals surface area (Å²) in [7, 11) is 1.80. The lowest BCUT2D eigenvalue weighted by molar-refractivity contribution is -0.137. The first kappa shape index (κ1) is 14.2. The number of nitrogens with two attached hydrogens (primary N) is 1. The molecule has 1 aromatic heterocycles. The second kappa shape index (κ2) is 5.07. The molecule has 1 heterocycles. The maximum absolute atomic E-state index is 12.5. The first-order valence-electron chi connectivity index (χ1n) is 5.86. The largest absolute Gasteiger partial charge is 0.487 e. The number of nitrogens with zero attached hydrogens (tertiary/aromatic N) is 2. The van der Waals surface area contributed by atoms with Crippen molar-refractivity contribution in [1.82, 2.24) is 9.78 Å². The van der Waals surface area contributed by atoms with Crippen LogP contribution in [0.15, 0.2) is 24.4 Å². The summed E-state index contributed by atoms with van der Waals surface area (Å²) in [6, 6.07) is 3.04. The van der Waals surface area contributed by atoms with Crippen molar-refractivity contribution in [2.24, 2.45) is 7.05 Å². The molecule has 4 nitrogen and oxygen atoms in total. The molecule has 0 fully saturated rings. The zero-order valence-electron chi connectivity index (χ0n) is 11.0. The van der Waals surface area contributed by atoms with Gasteiger partial charge in [-0.3, -0.25) is 4.68 Å². The van der Waals surface area contributed by atoms with E-state index < -0.39 is 11.7 Å². The third kappa shape index (κ3) is 2.87. The van der Waals surface area contributed by atoms with Crippen molar-refractivity contribution >= 4 is 5.69 Å². The fourth-order valence-electron chi connectivity index (χ4n) is 1.70. The van der Waals surface area contributed by atoms with E-state index in [9.17, 15) is 13.2 Å². The summed E-state index contributed by atoms with van der Waals surface area (Å²) in [5.74, 6) is 0.223. The highest BCUT2D eigenvalue weighted by atomic mass is 19.4. The van der Waals surface area contributed by atoms with Gasteiger partial charge in [-0.15, -0.1) is 0 Å². The highest BCUT2D eigenvalue weighted by Gasteiger charge is 2.30. The Morgan fingerprint density at radius 3 is 2.55 bits per heavy atom. The van der Waals surface area contributed by atoms with Gasteiger partial charge in [-0.2, -0.15) is 18.3 Å². The van der Waals surface area contributed by atoms with Crippen LogP contribution in [0.25, 0.3) is 0 Å². The summed E-state index contributed by atoms with van der Waals surface area (Å²) in [5.41, 5.74) is 6.53. The first-order chi connectivity index (χ1) is 9.29. The number of nitrogen functional groups attached to an aromatic ring is 1. The molecule has 0 amide bonds. The lowest BCUT2D eigenvalue weighted by Gasteiger charge is -2.12. The number of hydrogen-bond donors (Lipinski definition) is 1. The molecule has 0 unspecified atom stereocenters. The number of halogens is 3. The Hall–Kier alpha value is -2.18. The first-order valence-corrected chi connectivity index (χ1v) is 5.86. The van der Waals surface area contributed by atoms with Gasteiger partial charge in [0.1, 0.15) is 12.4 Å². The van der Waals surface area contributed by atoms with E-state index in [0.29, 0.717) is 0 Å². The molecule has 2 rings (SSSR count). The number of anilines is 1. The van der Waals surface area contributed by atoms with Crippen molar-refractivity contribution in [2.45, 2.75) is 19.7 Å². The molecule has 0 aliphatic rings. The van der Waals surface area contributed by atoms with Gasteiger partial charge in [0.15, 0.2) is 0 Å². The van der Waals surface area contributed by atoms with Gasteiger partial charge < -0.3 is 10.5 Å². The number of benzene rings is 1. The van der Waals surface area contributed by atoms with Gasteiger partial charge in [-0.1, -0.05) is 0 Å².